The summed E-state index contributed by atoms with van der Waals surface area (Å²) in [5, 5.41) is 0. The fourth-order valence-electron chi connectivity index (χ4n) is 0.233. The van der Waals surface area contributed by atoms with Gasteiger partial charge in [0.05, 0.1) is 0 Å². The van der Waals surface area contributed by atoms with E-state index in [0.717, 1.165) is 12.8 Å². The Hall–Kier alpha value is -0.700. The van der Waals surface area contributed by atoms with Crippen molar-refractivity contribution >= 4 is 0 Å². The van der Waals surface area contributed by atoms with Crippen molar-refractivity contribution in [2.45, 2.75) is 12.8 Å². The Bertz CT molecular complexity index is 90.3. The maximum absolute atomic E-state index is 3.62. The second kappa shape index (κ2) is 5.30. The van der Waals surface area contributed by atoms with Crippen LogP contribution in [-0.2, 0) is 0 Å². The van der Waals surface area contributed by atoms with Gasteiger partial charge in [0.25, 0.3) is 0 Å². The van der Waals surface area contributed by atoms with Gasteiger partial charge < -0.3 is 0 Å². The van der Waals surface area contributed by atoms with Gasteiger partial charge >= 0.3 is 0 Å². The molecule has 0 saturated carbocycles. The SMILES string of the molecule is [CH2]CCC#CC=C. The van der Waals surface area contributed by atoms with Crippen molar-refractivity contribution in [3.05, 3.63) is 19.6 Å². The zero-order chi connectivity index (χ0) is 5.54. The zero-order valence-electron chi connectivity index (χ0n) is 4.41. The van der Waals surface area contributed by atoms with Crippen LogP contribution in [0, 0.1) is 18.8 Å². The molecule has 0 aliphatic rings. The highest BCUT2D eigenvalue weighted by molar-refractivity contribution is 5.11. The molecule has 0 heterocycles. The highest BCUT2D eigenvalue weighted by Gasteiger charge is 1.64. The van der Waals surface area contributed by atoms with E-state index < -0.39 is 0 Å². The summed E-state index contributed by atoms with van der Waals surface area (Å²) >= 11 is 0. The van der Waals surface area contributed by atoms with Crippen LogP contribution in [0.15, 0.2) is 12.7 Å². The number of unbranched alkanes of at least 4 members (excludes halogenated alkanes) is 1. The van der Waals surface area contributed by atoms with Crippen molar-refractivity contribution in [1.82, 2.24) is 0 Å². The number of hydrogen-bond acceptors (Lipinski definition) is 0. The molecule has 0 aliphatic carbocycles. The highest BCUT2D eigenvalue weighted by Crippen LogP contribution is 1.79. The van der Waals surface area contributed by atoms with Crippen molar-refractivity contribution in [1.29, 1.82) is 0 Å². The van der Waals surface area contributed by atoms with Gasteiger partial charge in [-0.05, 0) is 12.5 Å². The predicted octanol–water partition coefficient (Wildman–Crippen LogP) is 1.79. The van der Waals surface area contributed by atoms with Gasteiger partial charge in [0.15, 0.2) is 0 Å². The molecule has 0 saturated heterocycles. The topological polar surface area (TPSA) is 0 Å². The standard InChI is InChI=1S/C7H9/c1-3-5-7-6-4-2/h3H,1-2,4,6H2. The monoisotopic (exact) mass is 93.1 g/mol. The summed E-state index contributed by atoms with van der Waals surface area (Å²) in [5.74, 6) is 5.58. The van der Waals surface area contributed by atoms with Gasteiger partial charge in [0.2, 0.25) is 0 Å². The van der Waals surface area contributed by atoms with Crippen LogP contribution < -0.4 is 0 Å². The van der Waals surface area contributed by atoms with Gasteiger partial charge in [-0.1, -0.05) is 25.3 Å². The summed E-state index contributed by atoms with van der Waals surface area (Å²) < 4.78 is 0. The lowest BCUT2D eigenvalue weighted by molar-refractivity contribution is 1.08. The Labute approximate surface area is 45.2 Å². The molecule has 7 heavy (non-hydrogen) atoms. The van der Waals surface area contributed by atoms with E-state index in [9.17, 15) is 0 Å². The molecule has 0 atom stereocenters. The third kappa shape index (κ3) is 5.30. The minimum absolute atomic E-state index is 0.881. The minimum Gasteiger partial charge on any atom is -0.0985 e. The van der Waals surface area contributed by atoms with Gasteiger partial charge in [0.1, 0.15) is 0 Å². The second-order valence-corrected chi connectivity index (χ2v) is 1.13. The molecule has 0 amide bonds. The van der Waals surface area contributed by atoms with Gasteiger partial charge in [-0.2, -0.15) is 0 Å². The van der Waals surface area contributed by atoms with Crippen molar-refractivity contribution in [2.75, 3.05) is 0 Å². The molecule has 0 fully saturated rings. The quantitative estimate of drug-likeness (QED) is 0.433. The molecule has 0 aromatic carbocycles. The smallest absolute Gasteiger partial charge is 0.00922 e. The highest BCUT2D eigenvalue weighted by atomic mass is 13.7. The molecule has 0 heteroatoms. The van der Waals surface area contributed by atoms with Crippen molar-refractivity contribution in [2.24, 2.45) is 0 Å². The van der Waals surface area contributed by atoms with Crippen LogP contribution in [0.3, 0.4) is 0 Å². The summed E-state index contributed by atoms with van der Waals surface area (Å²) in [4.78, 5) is 0. The van der Waals surface area contributed by atoms with Crippen molar-refractivity contribution in [3.63, 3.8) is 0 Å². The van der Waals surface area contributed by atoms with Gasteiger partial charge in [-0.25, -0.2) is 0 Å². The molecule has 0 aliphatic heterocycles. The zero-order valence-corrected chi connectivity index (χ0v) is 4.41. The molecule has 0 rings (SSSR count). The van der Waals surface area contributed by atoms with E-state index in [1.165, 1.54) is 0 Å². The Balaban J connectivity index is 3.07. The van der Waals surface area contributed by atoms with Crippen LogP contribution in [-0.4, -0.2) is 0 Å². The Kier molecular flexibility index (Phi) is 4.77. The van der Waals surface area contributed by atoms with Crippen LogP contribution >= 0.6 is 0 Å². The maximum Gasteiger partial charge on any atom is 0.00922 e. The second-order valence-electron chi connectivity index (χ2n) is 1.13. The first kappa shape index (κ1) is 6.30. The van der Waals surface area contributed by atoms with Crippen LogP contribution in [0.2, 0.25) is 0 Å². The summed E-state index contributed by atoms with van der Waals surface area (Å²) in [6, 6.07) is 0. The Morgan fingerprint density at radius 3 is 2.71 bits per heavy atom. The molecule has 0 bridgehead atoms. The molecular weight excluding hydrogens is 84.1 g/mol. The van der Waals surface area contributed by atoms with Crippen LogP contribution in [0.5, 0.6) is 0 Å². The van der Waals surface area contributed by atoms with E-state index >= 15 is 0 Å². The van der Waals surface area contributed by atoms with Crippen LogP contribution in [0.4, 0.5) is 0 Å². The fraction of sp³-hybridized carbons (Fsp3) is 0.286. The maximum atomic E-state index is 3.62. The van der Waals surface area contributed by atoms with E-state index in [1.54, 1.807) is 6.08 Å². The first-order valence-electron chi connectivity index (χ1n) is 2.30. The normalized spacial score (nSPS) is 6.43. The van der Waals surface area contributed by atoms with Gasteiger partial charge in [0, 0.05) is 6.42 Å². The predicted molar refractivity (Wildman–Crippen MR) is 32.6 cm³/mol. The Morgan fingerprint density at radius 2 is 2.29 bits per heavy atom. The summed E-state index contributed by atoms with van der Waals surface area (Å²) in [6.07, 6.45) is 3.36. The largest absolute Gasteiger partial charge is 0.0985 e. The Morgan fingerprint density at radius 1 is 1.57 bits per heavy atom. The van der Waals surface area contributed by atoms with E-state index in [4.69, 9.17) is 0 Å². The number of hydrogen-bond donors (Lipinski definition) is 0. The van der Waals surface area contributed by atoms with E-state index in [-0.39, 0.29) is 0 Å². The van der Waals surface area contributed by atoms with E-state index in [0.29, 0.717) is 0 Å². The molecule has 37 valence electrons. The van der Waals surface area contributed by atoms with E-state index in [1.807, 2.05) is 0 Å². The lowest BCUT2D eigenvalue weighted by Gasteiger charge is -1.72. The molecule has 0 N–H and O–H groups in total. The minimum atomic E-state index is 0.881. The molecule has 0 unspecified atom stereocenters. The molecule has 0 aromatic rings. The van der Waals surface area contributed by atoms with Crippen LogP contribution in [0.1, 0.15) is 12.8 Å². The average molecular weight is 93.1 g/mol. The molecule has 0 aromatic heterocycles. The lowest BCUT2D eigenvalue weighted by Crippen LogP contribution is -1.58. The van der Waals surface area contributed by atoms with E-state index in [2.05, 4.69) is 25.3 Å². The fourth-order valence-corrected chi connectivity index (χ4v) is 0.233. The first-order chi connectivity index (χ1) is 3.41. The summed E-state index contributed by atoms with van der Waals surface area (Å²) in [6.45, 7) is 7.06. The average Bonchev–Trinajstić information content (AvgIpc) is 1.69. The summed E-state index contributed by atoms with van der Waals surface area (Å²) in [7, 11) is 0. The molecular formula is C7H9. The van der Waals surface area contributed by atoms with Gasteiger partial charge in [-0.15, -0.1) is 0 Å². The van der Waals surface area contributed by atoms with Gasteiger partial charge in [-0.3, -0.25) is 0 Å². The van der Waals surface area contributed by atoms with Crippen molar-refractivity contribution < 1.29 is 0 Å². The van der Waals surface area contributed by atoms with Crippen molar-refractivity contribution in [3.8, 4) is 11.8 Å². The molecule has 0 nitrogen and oxygen atoms in total. The molecule has 1 radical (unpaired) electrons. The third-order valence-corrected chi connectivity index (χ3v) is 0.506. The first-order valence-corrected chi connectivity index (χ1v) is 2.30. The van der Waals surface area contributed by atoms with Crippen LogP contribution in [0.25, 0.3) is 0 Å². The number of allylic oxidation sites excluding steroid dienone is 1. The summed E-state index contributed by atoms with van der Waals surface area (Å²) in [5.41, 5.74) is 0. The molecule has 0 spiro atoms. The third-order valence-electron chi connectivity index (χ3n) is 0.506. The number of rotatable bonds is 1. The lowest BCUT2D eigenvalue weighted by atomic mass is 10.3.